The van der Waals surface area contributed by atoms with Crippen LogP contribution >= 0.6 is 0 Å². The molecule has 112 valence electrons. The summed E-state index contributed by atoms with van der Waals surface area (Å²) in [6, 6.07) is 8.02. The van der Waals surface area contributed by atoms with E-state index in [0.717, 1.165) is 29.7 Å². The summed E-state index contributed by atoms with van der Waals surface area (Å²) < 4.78 is 0. The minimum atomic E-state index is 0.290. The third-order valence-corrected chi connectivity index (χ3v) is 4.41. The summed E-state index contributed by atoms with van der Waals surface area (Å²) in [5.74, 6) is 2.45. The average Bonchev–Trinajstić information content (AvgIpc) is 2.99. The van der Waals surface area contributed by atoms with Gasteiger partial charge in [-0.15, -0.1) is 0 Å². The molecule has 1 heterocycles. The van der Waals surface area contributed by atoms with Crippen molar-refractivity contribution in [3.05, 3.63) is 24.3 Å². The Kier molecular flexibility index (Phi) is 4.20. The van der Waals surface area contributed by atoms with Crippen LogP contribution in [0, 0.1) is 11.8 Å². The highest BCUT2D eigenvalue weighted by atomic mass is 16.3. The number of para-hydroxylation sites is 1. The van der Waals surface area contributed by atoms with Gasteiger partial charge in [-0.2, -0.15) is 4.98 Å². The molecule has 0 radical (unpaired) electrons. The molecule has 0 spiro atoms. The zero-order chi connectivity index (χ0) is 14.7. The number of aliphatic hydroxyl groups excluding tert-OH is 1. The third-order valence-electron chi connectivity index (χ3n) is 4.41. The summed E-state index contributed by atoms with van der Waals surface area (Å²) >= 11 is 0. The first-order valence-electron chi connectivity index (χ1n) is 7.61. The molecule has 0 amide bonds. The molecule has 2 unspecified atom stereocenters. The number of aromatic nitrogens is 2. The molecule has 0 aliphatic heterocycles. The van der Waals surface area contributed by atoms with Gasteiger partial charge in [0.2, 0.25) is 5.95 Å². The van der Waals surface area contributed by atoms with Crippen molar-refractivity contribution in [1.82, 2.24) is 9.97 Å². The smallest absolute Gasteiger partial charge is 0.224 e. The number of hydrogen-bond donors (Lipinski definition) is 3. The molecule has 5 nitrogen and oxygen atoms in total. The van der Waals surface area contributed by atoms with E-state index in [2.05, 4.69) is 20.6 Å². The Labute approximate surface area is 124 Å². The van der Waals surface area contributed by atoms with E-state index in [9.17, 15) is 5.11 Å². The van der Waals surface area contributed by atoms with Crippen molar-refractivity contribution in [2.45, 2.75) is 19.3 Å². The van der Waals surface area contributed by atoms with Crippen molar-refractivity contribution in [2.24, 2.45) is 11.8 Å². The number of nitrogens with zero attached hydrogens (tertiary/aromatic N) is 2. The molecule has 1 aliphatic carbocycles. The highest BCUT2D eigenvalue weighted by molar-refractivity contribution is 5.89. The standard InChI is InChI=1S/C16H22N4O/c1-17-16-19-14-8-3-2-7-13(14)15(20-16)18-9-11-5-4-6-12(11)10-21/h2-3,7-8,11-12,21H,4-6,9-10H2,1H3,(H2,17,18,19,20). The molecule has 3 rings (SSSR count). The lowest BCUT2D eigenvalue weighted by Crippen LogP contribution is -2.21. The maximum atomic E-state index is 9.42. The molecular formula is C16H22N4O. The fourth-order valence-electron chi connectivity index (χ4n) is 3.17. The van der Waals surface area contributed by atoms with Crippen molar-refractivity contribution in [2.75, 3.05) is 30.8 Å². The first-order chi connectivity index (χ1) is 10.3. The van der Waals surface area contributed by atoms with E-state index in [4.69, 9.17) is 0 Å². The number of rotatable bonds is 5. The van der Waals surface area contributed by atoms with Crippen molar-refractivity contribution in [3.63, 3.8) is 0 Å². The van der Waals surface area contributed by atoms with Gasteiger partial charge in [0.25, 0.3) is 0 Å². The molecule has 1 aliphatic rings. The highest BCUT2D eigenvalue weighted by Gasteiger charge is 2.26. The van der Waals surface area contributed by atoms with Gasteiger partial charge >= 0.3 is 0 Å². The molecule has 0 saturated heterocycles. The van der Waals surface area contributed by atoms with Crippen LogP contribution in [0.5, 0.6) is 0 Å². The number of nitrogens with one attached hydrogen (secondary N) is 2. The minimum absolute atomic E-state index is 0.290. The highest BCUT2D eigenvalue weighted by Crippen LogP contribution is 2.32. The van der Waals surface area contributed by atoms with Gasteiger partial charge in [0.15, 0.2) is 0 Å². The number of fused-ring (bicyclic) bond motifs is 1. The van der Waals surface area contributed by atoms with Gasteiger partial charge in [-0.3, -0.25) is 0 Å². The van der Waals surface area contributed by atoms with Crippen LogP contribution in [-0.2, 0) is 0 Å². The van der Waals surface area contributed by atoms with Crippen molar-refractivity contribution < 1.29 is 5.11 Å². The van der Waals surface area contributed by atoms with Crippen molar-refractivity contribution in [1.29, 1.82) is 0 Å². The van der Waals surface area contributed by atoms with E-state index >= 15 is 0 Å². The summed E-state index contributed by atoms with van der Waals surface area (Å²) in [6.07, 6.45) is 3.53. The Bertz CT molecular complexity index is 616. The Morgan fingerprint density at radius 3 is 2.81 bits per heavy atom. The number of aliphatic hydroxyl groups is 1. The van der Waals surface area contributed by atoms with Crippen molar-refractivity contribution >= 4 is 22.7 Å². The average molecular weight is 286 g/mol. The molecule has 1 fully saturated rings. The lowest BCUT2D eigenvalue weighted by atomic mass is 9.97. The Morgan fingerprint density at radius 1 is 1.19 bits per heavy atom. The molecule has 3 N–H and O–H groups in total. The molecule has 1 aromatic heterocycles. The monoisotopic (exact) mass is 286 g/mol. The van der Waals surface area contributed by atoms with E-state index in [1.54, 1.807) is 0 Å². The van der Waals surface area contributed by atoms with Crippen molar-refractivity contribution in [3.8, 4) is 0 Å². The van der Waals surface area contributed by atoms with E-state index in [1.807, 2.05) is 31.3 Å². The first kappa shape index (κ1) is 14.1. The van der Waals surface area contributed by atoms with Gasteiger partial charge in [-0.05, 0) is 36.8 Å². The van der Waals surface area contributed by atoms with E-state index in [0.29, 0.717) is 24.4 Å². The molecule has 2 atom stereocenters. The topological polar surface area (TPSA) is 70.1 Å². The second-order valence-corrected chi connectivity index (χ2v) is 5.68. The maximum absolute atomic E-state index is 9.42. The van der Waals surface area contributed by atoms with Gasteiger partial charge in [-0.1, -0.05) is 18.6 Å². The third kappa shape index (κ3) is 2.93. The molecule has 1 aromatic carbocycles. The van der Waals surface area contributed by atoms with Crippen LogP contribution < -0.4 is 10.6 Å². The molecule has 0 bridgehead atoms. The lowest BCUT2D eigenvalue weighted by Gasteiger charge is -2.19. The normalized spacial score (nSPS) is 21.6. The molecule has 5 heteroatoms. The second kappa shape index (κ2) is 6.26. The largest absolute Gasteiger partial charge is 0.396 e. The predicted octanol–water partition coefficient (Wildman–Crippen LogP) is 2.49. The van der Waals surface area contributed by atoms with Crippen LogP contribution in [0.25, 0.3) is 10.9 Å². The van der Waals surface area contributed by atoms with Gasteiger partial charge in [0.05, 0.1) is 5.52 Å². The SMILES string of the molecule is CNc1nc(NCC2CCCC2CO)c2ccccc2n1. The Morgan fingerprint density at radius 2 is 2.00 bits per heavy atom. The van der Waals surface area contributed by atoms with E-state index in [1.165, 1.54) is 12.8 Å². The van der Waals surface area contributed by atoms with E-state index in [-0.39, 0.29) is 0 Å². The fraction of sp³-hybridized carbons (Fsp3) is 0.500. The van der Waals surface area contributed by atoms with Gasteiger partial charge < -0.3 is 15.7 Å². The summed E-state index contributed by atoms with van der Waals surface area (Å²) in [5.41, 5.74) is 0.935. The second-order valence-electron chi connectivity index (χ2n) is 5.68. The maximum Gasteiger partial charge on any atom is 0.224 e. The molecule has 1 saturated carbocycles. The van der Waals surface area contributed by atoms with Crippen LogP contribution in [0.2, 0.25) is 0 Å². The summed E-state index contributed by atoms with van der Waals surface area (Å²) in [5, 5.41) is 16.9. The molecule has 2 aromatic rings. The zero-order valence-electron chi connectivity index (χ0n) is 12.3. The molecular weight excluding hydrogens is 264 g/mol. The zero-order valence-corrected chi connectivity index (χ0v) is 12.3. The van der Waals surface area contributed by atoms with Crippen LogP contribution in [-0.4, -0.2) is 35.3 Å². The van der Waals surface area contributed by atoms with E-state index < -0.39 is 0 Å². The van der Waals surface area contributed by atoms with Crippen LogP contribution in [0.1, 0.15) is 19.3 Å². The van der Waals surface area contributed by atoms with Gasteiger partial charge in [0.1, 0.15) is 5.82 Å². The number of benzene rings is 1. The number of anilines is 2. The van der Waals surface area contributed by atoms with Crippen LogP contribution in [0.4, 0.5) is 11.8 Å². The fourth-order valence-corrected chi connectivity index (χ4v) is 3.17. The predicted molar refractivity (Wildman–Crippen MR) is 85.5 cm³/mol. The Balaban J connectivity index is 1.82. The minimum Gasteiger partial charge on any atom is -0.396 e. The summed E-state index contributed by atoms with van der Waals surface area (Å²) in [6.45, 7) is 1.15. The quantitative estimate of drug-likeness (QED) is 0.788. The summed E-state index contributed by atoms with van der Waals surface area (Å²) in [7, 11) is 1.83. The summed E-state index contributed by atoms with van der Waals surface area (Å²) in [4.78, 5) is 9.00. The molecule has 21 heavy (non-hydrogen) atoms. The van der Waals surface area contributed by atoms with Gasteiger partial charge in [0, 0.05) is 25.6 Å². The first-order valence-corrected chi connectivity index (χ1v) is 7.61. The van der Waals surface area contributed by atoms with Gasteiger partial charge in [-0.25, -0.2) is 4.98 Å². The van der Waals surface area contributed by atoms with Crippen LogP contribution in [0.15, 0.2) is 24.3 Å². The lowest BCUT2D eigenvalue weighted by molar-refractivity contribution is 0.199. The van der Waals surface area contributed by atoms with Crippen LogP contribution in [0.3, 0.4) is 0 Å². The number of hydrogen-bond acceptors (Lipinski definition) is 5. The Hall–Kier alpha value is -1.88.